The molecule has 1 rings (SSSR count). The van der Waals surface area contributed by atoms with Crippen LogP contribution in [-0.2, 0) is 4.74 Å². The number of ether oxygens (including phenoxy) is 1. The van der Waals surface area contributed by atoms with Gasteiger partial charge in [0, 0.05) is 13.1 Å². The molecule has 1 aliphatic heterocycles. The number of hydrogen-bond acceptors (Lipinski definition) is 4. The van der Waals surface area contributed by atoms with Gasteiger partial charge in [-0.1, -0.05) is 12.1 Å². The maximum atomic E-state index is 8.56. The second-order valence-corrected chi connectivity index (χ2v) is 3.60. The van der Waals surface area contributed by atoms with Crippen LogP contribution in [0.4, 0.5) is 0 Å². The predicted molar refractivity (Wildman–Crippen MR) is 54.5 cm³/mol. The third-order valence-electron chi connectivity index (χ3n) is 2.72. The maximum Gasteiger partial charge on any atom is 0.156 e. The highest BCUT2D eigenvalue weighted by molar-refractivity contribution is 5.84. The lowest BCUT2D eigenvalue weighted by molar-refractivity contribution is -0.0344. The van der Waals surface area contributed by atoms with Crippen molar-refractivity contribution in [2.24, 2.45) is 10.9 Å². The Morgan fingerprint density at radius 2 is 2.50 bits per heavy atom. The number of amidine groups is 1. The largest absolute Gasteiger partial charge is 0.409 e. The van der Waals surface area contributed by atoms with Gasteiger partial charge in [-0.2, -0.15) is 0 Å². The summed E-state index contributed by atoms with van der Waals surface area (Å²) in [6.45, 7) is 6.46. The summed E-state index contributed by atoms with van der Waals surface area (Å²) in [5.41, 5.74) is 5.55. The summed E-state index contributed by atoms with van der Waals surface area (Å²) >= 11 is 0. The average molecular weight is 201 g/mol. The predicted octanol–water partition coefficient (Wildman–Crippen LogP) is 0.232. The van der Waals surface area contributed by atoms with Gasteiger partial charge in [0.15, 0.2) is 5.84 Å². The minimum atomic E-state index is -0.0158. The molecule has 14 heavy (non-hydrogen) atoms. The molecule has 5 heteroatoms. The third-order valence-corrected chi connectivity index (χ3v) is 2.72. The summed E-state index contributed by atoms with van der Waals surface area (Å²) in [6.07, 6.45) is 1.28. The zero-order chi connectivity index (χ0) is 10.6. The van der Waals surface area contributed by atoms with Crippen LogP contribution in [0.2, 0.25) is 0 Å². The lowest BCUT2D eigenvalue weighted by Crippen LogP contribution is -2.51. The van der Waals surface area contributed by atoms with Crippen LogP contribution < -0.4 is 5.73 Å². The number of nitrogens with two attached hydrogens (primary N) is 1. The molecule has 0 aromatic rings. The average Bonchev–Trinajstić information content (AvgIpc) is 2.27. The zero-order valence-corrected chi connectivity index (χ0v) is 8.81. The Bertz CT molecular complexity index is 208. The van der Waals surface area contributed by atoms with E-state index in [1.807, 2.05) is 6.92 Å². The van der Waals surface area contributed by atoms with Crippen LogP contribution in [0, 0.1) is 0 Å². The van der Waals surface area contributed by atoms with Crippen molar-refractivity contribution in [3.8, 4) is 0 Å². The molecule has 2 unspecified atom stereocenters. The van der Waals surface area contributed by atoms with Crippen molar-refractivity contribution in [3.05, 3.63) is 0 Å². The van der Waals surface area contributed by atoms with Crippen molar-refractivity contribution in [2.75, 3.05) is 19.7 Å². The highest BCUT2D eigenvalue weighted by Gasteiger charge is 2.24. The Balaban J connectivity index is 2.51. The van der Waals surface area contributed by atoms with Crippen LogP contribution in [0.1, 0.15) is 20.3 Å². The molecule has 0 spiro atoms. The number of hydrogen-bond donors (Lipinski definition) is 2. The van der Waals surface area contributed by atoms with E-state index in [1.165, 1.54) is 0 Å². The van der Waals surface area contributed by atoms with Crippen molar-refractivity contribution in [1.29, 1.82) is 0 Å². The van der Waals surface area contributed by atoms with Crippen LogP contribution in [0.15, 0.2) is 5.16 Å². The highest BCUT2D eigenvalue weighted by atomic mass is 16.5. The first-order chi connectivity index (χ1) is 6.69. The van der Waals surface area contributed by atoms with Crippen LogP contribution in [0.25, 0.3) is 0 Å². The summed E-state index contributed by atoms with van der Waals surface area (Å²) in [5.74, 6) is 0.266. The maximum absolute atomic E-state index is 8.56. The number of oxime groups is 1. The smallest absolute Gasteiger partial charge is 0.156 e. The first kappa shape index (κ1) is 11.3. The molecule has 1 fully saturated rings. The fraction of sp³-hybridized carbons (Fsp3) is 0.889. The van der Waals surface area contributed by atoms with Gasteiger partial charge in [0.25, 0.3) is 0 Å². The molecule has 0 amide bonds. The van der Waals surface area contributed by atoms with Gasteiger partial charge in [0.05, 0.1) is 18.8 Å². The van der Waals surface area contributed by atoms with Crippen molar-refractivity contribution in [1.82, 2.24) is 4.90 Å². The SMILES string of the molecule is CCC1CN(C(C)C(N)=NO)CCO1. The molecule has 2 atom stereocenters. The zero-order valence-electron chi connectivity index (χ0n) is 8.81. The topological polar surface area (TPSA) is 71.1 Å². The molecule has 82 valence electrons. The molecule has 0 saturated carbocycles. The third kappa shape index (κ3) is 2.59. The molecule has 5 nitrogen and oxygen atoms in total. The lowest BCUT2D eigenvalue weighted by atomic mass is 10.1. The van der Waals surface area contributed by atoms with E-state index in [4.69, 9.17) is 15.7 Å². The normalized spacial score (nSPS) is 27.6. The first-order valence-electron chi connectivity index (χ1n) is 5.02. The van der Waals surface area contributed by atoms with Crippen LogP contribution in [-0.4, -0.2) is 47.8 Å². The molecular formula is C9H19N3O2. The fourth-order valence-electron chi connectivity index (χ4n) is 1.61. The number of rotatable bonds is 3. The monoisotopic (exact) mass is 201 g/mol. The first-order valence-corrected chi connectivity index (χ1v) is 5.02. The van der Waals surface area contributed by atoms with E-state index >= 15 is 0 Å². The van der Waals surface area contributed by atoms with E-state index in [9.17, 15) is 0 Å². The quantitative estimate of drug-likeness (QED) is 0.297. The van der Waals surface area contributed by atoms with Gasteiger partial charge < -0.3 is 15.7 Å². The second kappa shape index (κ2) is 5.17. The van der Waals surface area contributed by atoms with Gasteiger partial charge in [-0.3, -0.25) is 4.90 Å². The standard InChI is InChI=1S/C9H19N3O2/c1-3-8-6-12(4-5-14-8)7(2)9(10)11-13/h7-8,13H,3-6H2,1-2H3,(H2,10,11). The fourth-order valence-corrected chi connectivity index (χ4v) is 1.61. The molecule has 0 aromatic carbocycles. The highest BCUT2D eigenvalue weighted by Crippen LogP contribution is 2.11. The molecular weight excluding hydrogens is 182 g/mol. The van der Waals surface area contributed by atoms with E-state index in [0.717, 1.165) is 26.1 Å². The van der Waals surface area contributed by atoms with E-state index in [0.29, 0.717) is 0 Å². The summed E-state index contributed by atoms with van der Waals surface area (Å²) < 4.78 is 5.54. The van der Waals surface area contributed by atoms with Crippen LogP contribution in [0.3, 0.4) is 0 Å². The molecule has 3 N–H and O–H groups in total. The van der Waals surface area contributed by atoms with Gasteiger partial charge in [-0.15, -0.1) is 0 Å². The van der Waals surface area contributed by atoms with Crippen LogP contribution >= 0.6 is 0 Å². The van der Waals surface area contributed by atoms with Crippen molar-refractivity contribution in [3.63, 3.8) is 0 Å². The van der Waals surface area contributed by atoms with Gasteiger partial charge in [0.1, 0.15) is 0 Å². The van der Waals surface area contributed by atoms with Gasteiger partial charge in [-0.25, -0.2) is 0 Å². The second-order valence-electron chi connectivity index (χ2n) is 3.60. The van der Waals surface area contributed by atoms with E-state index < -0.39 is 0 Å². The lowest BCUT2D eigenvalue weighted by Gasteiger charge is -2.35. The molecule has 1 aliphatic rings. The molecule has 1 saturated heterocycles. The Kier molecular flexibility index (Phi) is 4.16. The van der Waals surface area contributed by atoms with E-state index in [-0.39, 0.29) is 18.0 Å². The van der Waals surface area contributed by atoms with Gasteiger partial charge >= 0.3 is 0 Å². The molecule has 0 aromatic heterocycles. The Morgan fingerprint density at radius 3 is 3.07 bits per heavy atom. The molecule has 0 bridgehead atoms. The van der Waals surface area contributed by atoms with Crippen molar-refractivity contribution in [2.45, 2.75) is 32.4 Å². The summed E-state index contributed by atoms with van der Waals surface area (Å²) in [5, 5.41) is 11.6. The van der Waals surface area contributed by atoms with Crippen LogP contribution in [0.5, 0.6) is 0 Å². The molecule has 0 radical (unpaired) electrons. The minimum absolute atomic E-state index is 0.0158. The van der Waals surface area contributed by atoms with Gasteiger partial charge in [-0.05, 0) is 13.3 Å². The number of morpholine rings is 1. The molecule has 0 aliphatic carbocycles. The summed E-state index contributed by atoms with van der Waals surface area (Å²) in [7, 11) is 0. The van der Waals surface area contributed by atoms with E-state index in [1.54, 1.807) is 0 Å². The van der Waals surface area contributed by atoms with Gasteiger partial charge in [0.2, 0.25) is 0 Å². The summed E-state index contributed by atoms with van der Waals surface area (Å²) in [4.78, 5) is 2.17. The van der Waals surface area contributed by atoms with Crippen molar-refractivity contribution >= 4 is 5.84 Å². The van der Waals surface area contributed by atoms with Crippen molar-refractivity contribution < 1.29 is 9.94 Å². The Hall–Kier alpha value is -0.810. The number of nitrogens with zero attached hydrogens (tertiary/aromatic N) is 2. The Labute approximate surface area is 84.5 Å². The molecule has 1 heterocycles. The Morgan fingerprint density at radius 1 is 1.79 bits per heavy atom. The summed E-state index contributed by atoms with van der Waals surface area (Å²) in [6, 6.07) is -0.0158. The van der Waals surface area contributed by atoms with E-state index in [2.05, 4.69) is 17.0 Å². The minimum Gasteiger partial charge on any atom is -0.409 e.